The van der Waals surface area contributed by atoms with Gasteiger partial charge in [-0.05, 0) is 59.3 Å². The van der Waals surface area contributed by atoms with Crippen molar-refractivity contribution in [3.05, 3.63) is 44.7 Å². The van der Waals surface area contributed by atoms with Gasteiger partial charge in [-0.2, -0.15) is 0 Å². The second-order valence-electron chi connectivity index (χ2n) is 7.79. The molecule has 0 aromatic heterocycles. The molecule has 0 saturated heterocycles. The van der Waals surface area contributed by atoms with Crippen molar-refractivity contribution in [2.24, 2.45) is 0 Å². The Morgan fingerprint density at radius 1 is 1.03 bits per heavy atom. The zero-order chi connectivity index (χ0) is 22.1. The number of esters is 1. The van der Waals surface area contributed by atoms with E-state index in [4.69, 9.17) is 9.47 Å². The van der Waals surface area contributed by atoms with Crippen LogP contribution >= 0.6 is 15.9 Å². The molecule has 0 unspecified atom stereocenters. The van der Waals surface area contributed by atoms with E-state index in [1.54, 1.807) is 6.07 Å². The Morgan fingerprint density at radius 2 is 1.65 bits per heavy atom. The van der Waals surface area contributed by atoms with E-state index in [1.165, 1.54) is 14.2 Å². The minimum atomic E-state index is -0.512. The van der Waals surface area contributed by atoms with Crippen LogP contribution in [0, 0.1) is 0 Å². The monoisotopic (exact) mass is 489 g/mol. The van der Waals surface area contributed by atoms with Crippen LogP contribution in [0.3, 0.4) is 0 Å². The molecular formula is C23H24BrNO6. The minimum Gasteiger partial charge on any atom is -0.493 e. The van der Waals surface area contributed by atoms with Crippen molar-refractivity contribution in [2.75, 3.05) is 20.8 Å². The lowest BCUT2D eigenvalue weighted by Gasteiger charge is -2.37. The van der Waals surface area contributed by atoms with Crippen molar-refractivity contribution in [2.45, 2.75) is 44.4 Å². The van der Waals surface area contributed by atoms with Crippen LogP contribution in [0.4, 0.5) is 0 Å². The Morgan fingerprint density at radius 3 is 2.19 bits per heavy atom. The van der Waals surface area contributed by atoms with Gasteiger partial charge in [-0.15, -0.1) is 0 Å². The number of carbonyl (C=O) groups excluding carboxylic acids is 3. The molecule has 0 radical (unpaired) electrons. The average molecular weight is 490 g/mol. The van der Waals surface area contributed by atoms with Crippen molar-refractivity contribution in [3.63, 3.8) is 0 Å². The number of dihydropyridines is 1. The highest BCUT2D eigenvalue weighted by atomic mass is 79.9. The summed E-state index contributed by atoms with van der Waals surface area (Å²) in [5, 5.41) is 3.41. The van der Waals surface area contributed by atoms with E-state index in [9.17, 15) is 14.4 Å². The first-order valence-corrected chi connectivity index (χ1v) is 11.1. The number of carbonyl (C=O) groups is 3. The highest BCUT2D eigenvalue weighted by Crippen LogP contribution is 2.48. The molecule has 0 atom stereocenters. The van der Waals surface area contributed by atoms with Gasteiger partial charge in [-0.3, -0.25) is 9.59 Å². The second-order valence-corrected chi connectivity index (χ2v) is 8.65. The predicted molar refractivity (Wildman–Crippen MR) is 116 cm³/mol. The molecule has 4 rings (SSSR count). The van der Waals surface area contributed by atoms with Crippen LogP contribution in [0.25, 0.3) is 0 Å². The van der Waals surface area contributed by atoms with Gasteiger partial charge < -0.3 is 19.5 Å². The van der Waals surface area contributed by atoms with Crippen molar-refractivity contribution in [3.8, 4) is 11.5 Å². The van der Waals surface area contributed by atoms with Crippen LogP contribution in [0.2, 0.25) is 0 Å². The molecule has 1 aromatic rings. The molecule has 3 aliphatic rings. The van der Waals surface area contributed by atoms with Crippen LogP contribution in [0.5, 0.6) is 11.5 Å². The number of hydrogen-bond donors (Lipinski definition) is 1. The van der Waals surface area contributed by atoms with Gasteiger partial charge in [0.1, 0.15) is 0 Å². The topological polar surface area (TPSA) is 90.9 Å². The molecule has 1 aliphatic heterocycles. The summed E-state index contributed by atoms with van der Waals surface area (Å²) >= 11 is 3.51. The number of halogens is 1. The quantitative estimate of drug-likeness (QED) is 0.630. The van der Waals surface area contributed by atoms with Crippen LogP contribution < -0.4 is 14.8 Å². The maximum atomic E-state index is 13.0. The lowest BCUT2D eigenvalue weighted by molar-refractivity contribution is -0.143. The highest BCUT2D eigenvalue weighted by molar-refractivity contribution is 9.10. The van der Waals surface area contributed by atoms with Gasteiger partial charge in [-0.1, -0.05) is 0 Å². The first-order chi connectivity index (χ1) is 14.9. The van der Waals surface area contributed by atoms with Crippen LogP contribution in [0.15, 0.2) is 39.1 Å². The fourth-order valence-corrected chi connectivity index (χ4v) is 5.13. The molecule has 0 saturated carbocycles. The molecule has 0 fully saturated rings. The number of nitrogens with one attached hydrogen (secondary N) is 1. The summed E-state index contributed by atoms with van der Waals surface area (Å²) in [6.45, 7) is -0.264. The van der Waals surface area contributed by atoms with Gasteiger partial charge in [0, 0.05) is 41.3 Å². The van der Waals surface area contributed by atoms with E-state index >= 15 is 0 Å². The summed E-state index contributed by atoms with van der Waals surface area (Å²) in [7, 11) is 2.79. The first kappa shape index (κ1) is 21.6. The zero-order valence-corrected chi connectivity index (χ0v) is 19.1. The second kappa shape index (κ2) is 8.86. The Hall–Kier alpha value is -2.61. The number of ketones is 2. The maximum absolute atomic E-state index is 13.0. The fourth-order valence-electron chi connectivity index (χ4n) is 4.55. The van der Waals surface area contributed by atoms with Crippen molar-refractivity contribution in [1.82, 2.24) is 5.32 Å². The third-order valence-corrected chi connectivity index (χ3v) is 6.53. The van der Waals surface area contributed by atoms with Gasteiger partial charge in [0.15, 0.2) is 29.7 Å². The summed E-state index contributed by atoms with van der Waals surface area (Å²) in [4.78, 5) is 37.4. The zero-order valence-electron chi connectivity index (χ0n) is 17.5. The molecule has 31 heavy (non-hydrogen) atoms. The lowest BCUT2D eigenvalue weighted by Crippen LogP contribution is -2.36. The lowest BCUT2D eigenvalue weighted by atomic mass is 9.71. The number of benzene rings is 1. The van der Waals surface area contributed by atoms with Crippen molar-refractivity contribution in [1.29, 1.82) is 0 Å². The molecule has 7 nitrogen and oxygen atoms in total. The molecule has 0 amide bonds. The van der Waals surface area contributed by atoms with Crippen LogP contribution in [-0.2, 0) is 19.1 Å². The number of hydrogen-bond acceptors (Lipinski definition) is 7. The largest absolute Gasteiger partial charge is 0.493 e. The standard InChI is InChI=1S/C23H24BrNO6/c1-29-18-10-12(9-13(24)23(18)31-11-19(28)30-2)20-21-14(5-3-7-16(21)26)25-15-6-4-8-17(27)22(15)20/h9-10,20,25H,3-8,11H2,1-2H3. The average Bonchev–Trinajstić information content (AvgIpc) is 2.76. The molecule has 8 heteroatoms. The van der Waals surface area contributed by atoms with E-state index < -0.39 is 11.9 Å². The third kappa shape index (κ3) is 4.01. The summed E-state index contributed by atoms with van der Waals surface area (Å²) in [6.07, 6.45) is 4.16. The summed E-state index contributed by atoms with van der Waals surface area (Å²) < 4.78 is 16.3. The van der Waals surface area contributed by atoms with Crippen LogP contribution in [0.1, 0.15) is 50.0 Å². The fraction of sp³-hybridized carbons (Fsp3) is 0.435. The number of Topliss-reactive ketones (excluding diaryl/α,β-unsaturated/α-hetero) is 2. The van der Waals surface area contributed by atoms with E-state index in [0.29, 0.717) is 40.0 Å². The minimum absolute atomic E-state index is 0.0739. The van der Waals surface area contributed by atoms with Gasteiger partial charge in [0.2, 0.25) is 0 Å². The molecular weight excluding hydrogens is 466 g/mol. The van der Waals surface area contributed by atoms with Crippen molar-refractivity contribution >= 4 is 33.5 Å². The Balaban J connectivity index is 1.82. The smallest absolute Gasteiger partial charge is 0.343 e. The molecule has 1 N–H and O–H groups in total. The predicted octanol–water partition coefficient (Wildman–Crippen LogP) is 3.71. The van der Waals surface area contributed by atoms with Crippen LogP contribution in [-0.4, -0.2) is 38.4 Å². The van der Waals surface area contributed by atoms with E-state index in [0.717, 1.165) is 42.6 Å². The first-order valence-electron chi connectivity index (χ1n) is 10.3. The Bertz CT molecular complexity index is 983. The SMILES string of the molecule is COC(=O)COc1c(Br)cc(C2C3=C(CCCC3=O)NC3=C2C(=O)CCC3)cc1OC. The van der Waals surface area contributed by atoms with Gasteiger partial charge in [0.05, 0.1) is 18.7 Å². The Labute approximate surface area is 188 Å². The maximum Gasteiger partial charge on any atom is 0.343 e. The van der Waals surface area contributed by atoms with Gasteiger partial charge in [-0.25, -0.2) is 4.79 Å². The van der Waals surface area contributed by atoms with Crippen molar-refractivity contribution < 1.29 is 28.6 Å². The molecule has 164 valence electrons. The summed E-state index contributed by atoms with van der Waals surface area (Å²) in [5.41, 5.74) is 3.99. The summed E-state index contributed by atoms with van der Waals surface area (Å²) in [6, 6.07) is 3.62. The molecule has 2 aliphatic carbocycles. The molecule has 0 spiro atoms. The number of methoxy groups -OCH3 is 2. The normalized spacial score (nSPS) is 18.9. The molecule has 1 heterocycles. The number of ether oxygens (including phenoxy) is 3. The van der Waals surface area contributed by atoms with E-state index in [1.807, 2.05) is 6.07 Å². The van der Waals surface area contributed by atoms with E-state index in [2.05, 4.69) is 26.0 Å². The highest BCUT2D eigenvalue weighted by Gasteiger charge is 2.40. The third-order valence-electron chi connectivity index (χ3n) is 5.94. The summed E-state index contributed by atoms with van der Waals surface area (Å²) in [5.74, 6) is -0.0376. The van der Waals surface area contributed by atoms with Gasteiger partial charge in [0.25, 0.3) is 0 Å². The number of allylic oxidation sites excluding steroid dienone is 4. The molecule has 0 bridgehead atoms. The van der Waals surface area contributed by atoms with Gasteiger partial charge >= 0.3 is 5.97 Å². The number of rotatable bonds is 5. The Kier molecular flexibility index (Phi) is 6.18. The van der Waals surface area contributed by atoms with E-state index in [-0.39, 0.29) is 18.2 Å². The molecule has 1 aromatic carbocycles.